The number of carbonyl (C=O) groups excluding carboxylic acids is 4. The molecule has 2 amide bonds. The van der Waals surface area contributed by atoms with Crippen molar-refractivity contribution in [3.8, 4) is 11.5 Å². The maximum absolute atomic E-state index is 13.2. The fraction of sp³-hybridized carbons (Fsp3) is 0.244. The van der Waals surface area contributed by atoms with Gasteiger partial charge in [0.1, 0.15) is 33.8 Å². The van der Waals surface area contributed by atoms with Crippen LogP contribution in [0.4, 0.5) is 8.78 Å². The molecule has 2 aromatic heterocycles. The third-order valence-corrected chi connectivity index (χ3v) is 8.97. The van der Waals surface area contributed by atoms with E-state index in [0.717, 1.165) is 22.3 Å². The summed E-state index contributed by atoms with van der Waals surface area (Å²) in [5.74, 6) is -2.84. The Morgan fingerprint density at radius 2 is 1.00 bits per heavy atom. The summed E-state index contributed by atoms with van der Waals surface area (Å²) >= 11 is 0. The molecule has 0 aliphatic rings. The number of esters is 2. The van der Waals surface area contributed by atoms with Crippen LogP contribution in [0.5, 0.6) is 11.5 Å². The van der Waals surface area contributed by atoms with Gasteiger partial charge in [-0.2, -0.15) is 0 Å². The first kappa shape index (κ1) is 43.2. The molecule has 0 atom stereocenters. The predicted octanol–water partition coefficient (Wildman–Crippen LogP) is 7.49. The van der Waals surface area contributed by atoms with Gasteiger partial charge in [0.05, 0.1) is 21.3 Å². The Balaban J connectivity index is 0.000000224. The number of nitrogens with one attached hydrogen (secondary N) is 2. The van der Waals surface area contributed by atoms with Crippen LogP contribution in [-0.4, -0.2) is 72.2 Å². The molecular formula is C45H44F2N4O8. The number of benzene rings is 4. The standard InChI is InChI=1S/C23H23FN2O4.C22H21FN2O4/c1-13(2)26-22(27)18-11-19(23(28)30-4)21(29-3)20-17(18)10-15(12-25-20)9-14-5-7-16(24)8-6-14;1-12(2)25-21(27)17-10-18(22(28)29-3)20(26)19-16(17)9-14(11-24-19)8-13-4-6-15(23)7-5-13/h5-8,10-13H,9H2,1-4H3,(H,26,27);4-7,9-12,26H,8H2,1-3H3,(H,25,27). The van der Waals surface area contributed by atoms with E-state index in [0.29, 0.717) is 34.7 Å². The minimum atomic E-state index is -0.764. The Morgan fingerprint density at radius 1 is 0.593 bits per heavy atom. The fourth-order valence-corrected chi connectivity index (χ4v) is 6.29. The molecule has 0 saturated carbocycles. The van der Waals surface area contributed by atoms with Crippen LogP contribution >= 0.6 is 0 Å². The van der Waals surface area contributed by atoms with Crippen molar-refractivity contribution >= 4 is 45.6 Å². The summed E-state index contributed by atoms with van der Waals surface area (Å²) < 4.78 is 41.3. The number of fused-ring (bicyclic) bond motifs is 2. The van der Waals surface area contributed by atoms with Crippen molar-refractivity contribution in [2.24, 2.45) is 0 Å². The van der Waals surface area contributed by atoms with E-state index in [1.807, 2.05) is 33.8 Å². The van der Waals surface area contributed by atoms with Crippen LogP contribution in [0.3, 0.4) is 0 Å². The lowest BCUT2D eigenvalue weighted by Gasteiger charge is -2.16. The molecule has 0 aliphatic heterocycles. The largest absolute Gasteiger partial charge is 0.505 e. The van der Waals surface area contributed by atoms with E-state index in [2.05, 4.69) is 20.6 Å². The number of methoxy groups -OCH3 is 3. The van der Waals surface area contributed by atoms with Gasteiger partial charge in [-0.05, 0) is 111 Å². The Morgan fingerprint density at radius 3 is 1.42 bits per heavy atom. The van der Waals surface area contributed by atoms with Crippen LogP contribution < -0.4 is 15.4 Å². The van der Waals surface area contributed by atoms with Crippen molar-refractivity contribution in [3.05, 3.63) is 141 Å². The van der Waals surface area contributed by atoms with Gasteiger partial charge in [0.15, 0.2) is 11.5 Å². The molecule has 0 aliphatic carbocycles. The molecule has 0 fully saturated rings. The summed E-state index contributed by atoms with van der Waals surface area (Å²) in [5, 5.41) is 17.1. The third kappa shape index (κ3) is 10.3. The molecule has 0 saturated heterocycles. The molecule has 306 valence electrons. The van der Waals surface area contributed by atoms with Crippen molar-refractivity contribution < 1.29 is 47.3 Å². The van der Waals surface area contributed by atoms with E-state index in [1.165, 1.54) is 57.7 Å². The molecule has 0 unspecified atom stereocenters. The smallest absolute Gasteiger partial charge is 0.341 e. The number of rotatable bonds is 11. The van der Waals surface area contributed by atoms with E-state index >= 15 is 0 Å². The molecule has 0 spiro atoms. The molecule has 6 aromatic rings. The average molecular weight is 807 g/mol. The van der Waals surface area contributed by atoms with E-state index in [9.17, 15) is 33.1 Å². The highest BCUT2D eigenvalue weighted by atomic mass is 19.1. The second-order valence-electron chi connectivity index (χ2n) is 14.2. The van der Waals surface area contributed by atoms with Crippen molar-refractivity contribution in [1.82, 2.24) is 20.6 Å². The molecule has 12 nitrogen and oxygen atoms in total. The normalized spacial score (nSPS) is 10.9. The number of carbonyl (C=O) groups is 4. The molecule has 0 radical (unpaired) electrons. The van der Waals surface area contributed by atoms with E-state index in [4.69, 9.17) is 14.2 Å². The van der Waals surface area contributed by atoms with Gasteiger partial charge in [-0.1, -0.05) is 24.3 Å². The Kier molecular flexibility index (Phi) is 13.9. The van der Waals surface area contributed by atoms with Gasteiger partial charge in [0, 0.05) is 46.4 Å². The van der Waals surface area contributed by atoms with Crippen molar-refractivity contribution in [2.45, 2.75) is 52.6 Å². The van der Waals surface area contributed by atoms with Gasteiger partial charge >= 0.3 is 11.9 Å². The Labute approximate surface area is 339 Å². The first-order chi connectivity index (χ1) is 28.1. The Bertz CT molecular complexity index is 2520. The second-order valence-corrected chi connectivity index (χ2v) is 14.2. The van der Waals surface area contributed by atoms with Crippen molar-refractivity contribution in [1.29, 1.82) is 0 Å². The van der Waals surface area contributed by atoms with Crippen LogP contribution in [0, 0.1) is 11.6 Å². The second kappa shape index (κ2) is 19.0. The highest BCUT2D eigenvalue weighted by Gasteiger charge is 2.25. The lowest BCUT2D eigenvalue weighted by atomic mass is 9.98. The molecule has 59 heavy (non-hydrogen) atoms. The number of pyridine rings is 2. The third-order valence-electron chi connectivity index (χ3n) is 8.97. The number of amides is 2. The number of phenolic OH excluding ortho intramolecular Hbond substituents is 1. The molecule has 0 bridgehead atoms. The van der Waals surface area contributed by atoms with Crippen LogP contribution in [-0.2, 0) is 22.3 Å². The Hall–Kier alpha value is -6.96. The minimum Gasteiger partial charge on any atom is -0.505 e. The SMILES string of the molecule is COC(=O)c1cc(C(=O)NC(C)C)c2cc(Cc3ccc(F)cc3)cnc2c1O.COC(=O)c1cc(C(=O)NC(C)C)c2cc(Cc3ccc(F)cc3)cnc2c1OC. The first-order valence-electron chi connectivity index (χ1n) is 18.5. The zero-order valence-corrected chi connectivity index (χ0v) is 33.6. The molecule has 14 heteroatoms. The molecule has 2 heterocycles. The number of hydrogen-bond acceptors (Lipinski definition) is 10. The van der Waals surface area contributed by atoms with Crippen LogP contribution in [0.25, 0.3) is 21.8 Å². The summed E-state index contributed by atoms with van der Waals surface area (Å²) in [4.78, 5) is 58.7. The number of ether oxygens (including phenoxy) is 3. The highest BCUT2D eigenvalue weighted by molar-refractivity contribution is 6.13. The lowest BCUT2D eigenvalue weighted by Crippen LogP contribution is -2.30. The number of aromatic hydroxyl groups is 1. The molecule has 6 rings (SSSR count). The van der Waals surface area contributed by atoms with Crippen LogP contribution in [0.2, 0.25) is 0 Å². The number of aromatic nitrogens is 2. The topological polar surface area (TPSA) is 166 Å². The first-order valence-corrected chi connectivity index (χ1v) is 18.5. The average Bonchev–Trinajstić information content (AvgIpc) is 3.21. The van der Waals surface area contributed by atoms with Crippen LogP contribution in [0.15, 0.2) is 85.2 Å². The molecular weight excluding hydrogens is 763 g/mol. The molecule has 4 aromatic carbocycles. The predicted molar refractivity (Wildman–Crippen MR) is 218 cm³/mol. The monoisotopic (exact) mass is 806 g/mol. The number of halogens is 2. The highest BCUT2D eigenvalue weighted by Crippen LogP contribution is 2.34. The minimum absolute atomic E-state index is 0.0911. The van der Waals surface area contributed by atoms with E-state index in [-0.39, 0.29) is 63.3 Å². The van der Waals surface area contributed by atoms with Gasteiger partial charge in [-0.25, -0.2) is 18.4 Å². The summed E-state index contributed by atoms with van der Waals surface area (Å²) in [6, 6.07) is 18.4. The summed E-state index contributed by atoms with van der Waals surface area (Å²) in [5.41, 5.74) is 4.40. The van der Waals surface area contributed by atoms with Crippen molar-refractivity contribution in [2.75, 3.05) is 21.3 Å². The summed E-state index contributed by atoms with van der Waals surface area (Å²) in [6.45, 7) is 7.34. The zero-order valence-electron chi connectivity index (χ0n) is 33.6. The van der Waals surface area contributed by atoms with Gasteiger partial charge < -0.3 is 30.0 Å². The number of nitrogens with zero attached hydrogens (tertiary/aromatic N) is 2. The van der Waals surface area contributed by atoms with Gasteiger partial charge in [-0.15, -0.1) is 0 Å². The maximum atomic E-state index is 13.2. The lowest BCUT2D eigenvalue weighted by molar-refractivity contribution is 0.0588. The summed E-state index contributed by atoms with van der Waals surface area (Å²) in [6.07, 6.45) is 4.18. The van der Waals surface area contributed by atoms with Crippen molar-refractivity contribution in [3.63, 3.8) is 0 Å². The van der Waals surface area contributed by atoms with Gasteiger partial charge in [0.2, 0.25) is 0 Å². The maximum Gasteiger partial charge on any atom is 0.341 e. The summed E-state index contributed by atoms with van der Waals surface area (Å²) in [7, 11) is 3.89. The van der Waals surface area contributed by atoms with E-state index in [1.54, 1.807) is 42.7 Å². The number of hydrogen-bond donors (Lipinski definition) is 3. The van der Waals surface area contributed by atoms with E-state index < -0.39 is 17.8 Å². The fourth-order valence-electron chi connectivity index (χ4n) is 6.29. The zero-order chi connectivity index (χ0) is 43.0. The van der Waals surface area contributed by atoms with Crippen LogP contribution in [0.1, 0.15) is 91.4 Å². The molecule has 3 N–H and O–H groups in total. The number of phenols is 1. The quantitative estimate of drug-likeness (QED) is 0.112. The van der Waals surface area contributed by atoms with Gasteiger partial charge in [0.25, 0.3) is 11.8 Å². The van der Waals surface area contributed by atoms with Gasteiger partial charge in [-0.3, -0.25) is 19.6 Å².